The van der Waals surface area contributed by atoms with Crippen LogP contribution in [0.15, 0.2) is 42.5 Å². The molecule has 2 aromatic carbocycles. The predicted molar refractivity (Wildman–Crippen MR) is 96.1 cm³/mol. The number of carbonyl (C=O) groups excluding carboxylic acids is 1. The van der Waals surface area contributed by atoms with Crippen LogP contribution in [0.2, 0.25) is 5.02 Å². The Morgan fingerprint density at radius 3 is 2.48 bits per heavy atom. The molecule has 0 saturated carbocycles. The molecule has 0 aliphatic carbocycles. The standard InChI is InChI=1S/C19H23ClN2O/c1-4-22(12-16-8-5-14(2)6-9-16)13-19(23)21-18-11-17(20)10-7-15(18)3/h5-11H,4,12-13H2,1-3H3,(H,21,23)/p+1. The molecule has 2 N–H and O–H groups in total. The van der Waals surface area contributed by atoms with Gasteiger partial charge in [-0.05, 0) is 38.5 Å². The Kier molecular flexibility index (Phi) is 6.20. The number of quaternary nitrogens is 1. The highest BCUT2D eigenvalue weighted by Gasteiger charge is 2.14. The quantitative estimate of drug-likeness (QED) is 0.838. The van der Waals surface area contributed by atoms with Gasteiger partial charge >= 0.3 is 0 Å². The van der Waals surface area contributed by atoms with Gasteiger partial charge < -0.3 is 10.2 Å². The Hall–Kier alpha value is -1.84. The van der Waals surface area contributed by atoms with E-state index in [-0.39, 0.29) is 5.91 Å². The highest BCUT2D eigenvalue weighted by Crippen LogP contribution is 2.19. The van der Waals surface area contributed by atoms with Crippen LogP contribution in [0.4, 0.5) is 5.69 Å². The van der Waals surface area contributed by atoms with Gasteiger partial charge in [0, 0.05) is 16.3 Å². The first kappa shape index (κ1) is 17.5. The number of carbonyl (C=O) groups is 1. The minimum absolute atomic E-state index is 0.0133. The normalized spacial score (nSPS) is 12.0. The summed E-state index contributed by atoms with van der Waals surface area (Å²) in [6, 6.07) is 14.0. The Labute approximate surface area is 143 Å². The molecule has 0 aliphatic heterocycles. The topological polar surface area (TPSA) is 33.5 Å². The Balaban J connectivity index is 1.96. The van der Waals surface area contributed by atoms with Crippen LogP contribution in [0, 0.1) is 13.8 Å². The van der Waals surface area contributed by atoms with Crippen molar-refractivity contribution < 1.29 is 9.69 Å². The Bertz CT molecular complexity index is 668. The largest absolute Gasteiger partial charge is 0.324 e. The molecule has 3 nitrogen and oxygen atoms in total. The summed E-state index contributed by atoms with van der Waals surface area (Å²) in [4.78, 5) is 13.5. The molecular weight excluding hydrogens is 308 g/mol. The van der Waals surface area contributed by atoms with Gasteiger partial charge in [0.2, 0.25) is 0 Å². The molecule has 0 fully saturated rings. The first-order valence-corrected chi connectivity index (χ1v) is 8.31. The molecule has 1 unspecified atom stereocenters. The van der Waals surface area contributed by atoms with Crippen molar-refractivity contribution in [1.29, 1.82) is 0 Å². The number of amides is 1. The minimum Gasteiger partial charge on any atom is -0.324 e. The summed E-state index contributed by atoms with van der Waals surface area (Å²) < 4.78 is 0. The van der Waals surface area contributed by atoms with Gasteiger partial charge in [-0.2, -0.15) is 0 Å². The summed E-state index contributed by atoms with van der Waals surface area (Å²) in [7, 11) is 0. The third-order valence-electron chi connectivity index (χ3n) is 3.96. The fourth-order valence-electron chi connectivity index (χ4n) is 2.46. The van der Waals surface area contributed by atoms with Gasteiger partial charge in [0.05, 0.1) is 6.54 Å². The van der Waals surface area contributed by atoms with Gasteiger partial charge in [-0.15, -0.1) is 0 Å². The van der Waals surface area contributed by atoms with Crippen molar-refractivity contribution in [2.24, 2.45) is 0 Å². The maximum Gasteiger partial charge on any atom is 0.279 e. The van der Waals surface area contributed by atoms with E-state index in [1.807, 2.05) is 19.1 Å². The van der Waals surface area contributed by atoms with E-state index in [4.69, 9.17) is 11.6 Å². The lowest BCUT2D eigenvalue weighted by atomic mass is 10.1. The zero-order valence-corrected chi connectivity index (χ0v) is 14.7. The van der Waals surface area contributed by atoms with E-state index in [9.17, 15) is 4.79 Å². The molecule has 0 bridgehead atoms. The Morgan fingerprint density at radius 2 is 1.83 bits per heavy atom. The predicted octanol–water partition coefficient (Wildman–Crippen LogP) is 3.00. The van der Waals surface area contributed by atoms with Crippen molar-refractivity contribution in [3.63, 3.8) is 0 Å². The Morgan fingerprint density at radius 1 is 1.13 bits per heavy atom. The minimum atomic E-state index is 0.0133. The number of hydrogen-bond donors (Lipinski definition) is 2. The zero-order valence-electron chi connectivity index (χ0n) is 13.9. The molecule has 0 spiro atoms. The molecule has 122 valence electrons. The van der Waals surface area contributed by atoms with Gasteiger partial charge in [0.1, 0.15) is 6.54 Å². The van der Waals surface area contributed by atoms with Crippen molar-refractivity contribution in [2.45, 2.75) is 27.3 Å². The average molecular weight is 332 g/mol. The molecule has 2 rings (SSSR count). The highest BCUT2D eigenvalue weighted by atomic mass is 35.5. The van der Waals surface area contributed by atoms with Gasteiger partial charge in [-0.1, -0.05) is 47.5 Å². The van der Waals surface area contributed by atoms with Gasteiger partial charge in [-0.25, -0.2) is 0 Å². The molecule has 0 radical (unpaired) electrons. The zero-order chi connectivity index (χ0) is 16.8. The van der Waals surface area contributed by atoms with E-state index in [1.165, 1.54) is 16.0 Å². The van der Waals surface area contributed by atoms with E-state index in [0.29, 0.717) is 11.6 Å². The number of nitrogens with one attached hydrogen (secondary N) is 2. The maximum absolute atomic E-state index is 12.3. The van der Waals surface area contributed by atoms with Crippen LogP contribution < -0.4 is 10.2 Å². The molecule has 1 amide bonds. The first-order valence-electron chi connectivity index (χ1n) is 7.93. The maximum atomic E-state index is 12.3. The van der Waals surface area contributed by atoms with Crippen LogP contribution in [0.5, 0.6) is 0 Å². The van der Waals surface area contributed by atoms with Crippen molar-refractivity contribution in [1.82, 2.24) is 0 Å². The van der Waals surface area contributed by atoms with Crippen LogP contribution in [0.3, 0.4) is 0 Å². The molecule has 1 atom stereocenters. The third kappa shape index (κ3) is 5.38. The molecule has 4 heteroatoms. The van der Waals surface area contributed by atoms with E-state index in [2.05, 4.69) is 43.4 Å². The van der Waals surface area contributed by atoms with Crippen molar-refractivity contribution >= 4 is 23.2 Å². The summed E-state index contributed by atoms with van der Waals surface area (Å²) in [5.74, 6) is 0.0133. The van der Waals surface area contributed by atoms with Gasteiger partial charge in [0.25, 0.3) is 5.91 Å². The van der Waals surface area contributed by atoms with Crippen molar-refractivity contribution in [3.8, 4) is 0 Å². The SMILES string of the molecule is CC[NH+](CC(=O)Nc1cc(Cl)ccc1C)Cc1ccc(C)cc1. The lowest BCUT2D eigenvalue weighted by molar-refractivity contribution is -0.903. The monoisotopic (exact) mass is 331 g/mol. The lowest BCUT2D eigenvalue weighted by Crippen LogP contribution is -3.11. The number of anilines is 1. The molecule has 0 heterocycles. The molecule has 0 aromatic heterocycles. The van der Waals surface area contributed by atoms with E-state index in [0.717, 1.165) is 24.3 Å². The number of aryl methyl sites for hydroxylation is 2. The highest BCUT2D eigenvalue weighted by molar-refractivity contribution is 6.31. The second-order valence-electron chi connectivity index (χ2n) is 5.95. The molecule has 0 aliphatic rings. The number of hydrogen-bond acceptors (Lipinski definition) is 1. The van der Waals surface area contributed by atoms with Crippen molar-refractivity contribution in [3.05, 3.63) is 64.2 Å². The number of halogens is 1. The number of likely N-dealkylation sites (N-methyl/N-ethyl adjacent to an activating group) is 1. The molecule has 0 saturated heterocycles. The smallest absolute Gasteiger partial charge is 0.279 e. The van der Waals surface area contributed by atoms with Crippen LogP contribution in [-0.2, 0) is 11.3 Å². The summed E-state index contributed by atoms with van der Waals surface area (Å²) in [5.41, 5.74) is 4.30. The number of benzene rings is 2. The second-order valence-corrected chi connectivity index (χ2v) is 6.39. The second kappa shape index (κ2) is 8.14. The summed E-state index contributed by atoms with van der Waals surface area (Å²) in [5, 5.41) is 3.60. The lowest BCUT2D eigenvalue weighted by Gasteiger charge is -2.18. The van der Waals surface area contributed by atoms with Crippen LogP contribution in [0.1, 0.15) is 23.6 Å². The molecular formula is C19H24ClN2O+. The fourth-order valence-corrected chi connectivity index (χ4v) is 2.63. The van der Waals surface area contributed by atoms with E-state index >= 15 is 0 Å². The average Bonchev–Trinajstić information content (AvgIpc) is 2.52. The van der Waals surface area contributed by atoms with Crippen LogP contribution >= 0.6 is 11.6 Å². The fraction of sp³-hybridized carbons (Fsp3) is 0.316. The van der Waals surface area contributed by atoms with E-state index in [1.54, 1.807) is 6.07 Å². The number of rotatable bonds is 6. The first-order chi connectivity index (χ1) is 11.0. The molecule has 2 aromatic rings. The van der Waals surface area contributed by atoms with Gasteiger partial charge in [-0.3, -0.25) is 4.79 Å². The van der Waals surface area contributed by atoms with E-state index < -0.39 is 0 Å². The van der Waals surface area contributed by atoms with Crippen molar-refractivity contribution in [2.75, 3.05) is 18.4 Å². The van der Waals surface area contributed by atoms with Crippen LogP contribution in [-0.4, -0.2) is 19.0 Å². The van der Waals surface area contributed by atoms with Gasteiger partial charge in [0.15, 0.2) is 6.54 Å². The van der Waals surface area contributed by atoms with Crippen LogP contribution in [0.25, 0.3) is 0 Å². The molecule has 23 heavy (non-hydrogen) atoms. The summed E-state index contributed by atoms with van der Waals surface area (Å²) >= 11 is 6.00. The summed E-state index contributed by atoms with van der Waals surface area (Å²) in [6.45, 7) is 8.32. The summed E-state index contributed by atoms with van der Waals surface area (Å²) in [6.07, 6.45) is 0. The third-order valence-corrected chi connectivity index (χ3v) is 4.19.